The predicted molar refractivity (Wildman–Crippen MR) is 45.1 cm³/mol. The first-order chi connectivity index (χ1) is 5.90. The minimum atomic E-state index is 0.451. The molecular formula is C10H10O2. The minimum Gasteiger partial charge on any atom is -0.429 e. The molecule has 1 fully saturated rings. The second-order valence-electron chi connectivity index (χ2n) is 3.06. The third-order valence-electron chi connectivity index (χ3n) is 2.11. The summed E-state index contributed by atoms with van der Waals surface area (Å²) in [4.78, 5) is 9.98. The fraction of sp³-hybridized carbons (Fsp3) is 0.300. The Morgan fingerprint density at radius 1 is 1.25 bits per heavy atom. The molecule has 1 aromatic rings. The molecule has 12 heavy (non-hydrogen) atoms. The van der Waals surface area contributed by atoms with Gasteiger partial charge in [0.25, 0.3) is 6.47 Å². The lowest BCUT2D eigenvalue weighted by molar-refractivity contribution is -0.120. The van der Waals surface area contributed by atoms with Gasteiger partial charge in [0.15, 0.2) is 0 Å². The molecule has 2 heteroatoms. The van der Waals surface area contributed by atoms with Crippen molar-refractivity contribution < 1.29 is 9.53 Å². The van der Waals surface area contributed by atoms with Crippen LogP contribution in [0.5, 0.6) is 5.75 Å². The Hall–Kier alpha value is -1.31. The van der Waals surface area contributed by atoms with Gasteiger partial charge in [-0.05, 0) is 36.5 Å². The summed E-state index contributed by atoms with van der Waals surface area (Å²) in [6.07, 6.45) is 2.60. The van der Waals surface area contributed by atoms with Crippen molar-refractivity contribution in [3.8, 4) is 5.75 Å². The molecule has 2 rings (SSSR count). The lowest BCUT2D eigenvalue weighted by Gasteiger charge is -1.99. The van der Waals surface area contributed by atoms with Crippen LogP contribution in [0.3, 0.4) is 0 Å². The van der Waals surface area contributed by atoms with Crippen molar-refractivity contribution in [2.75, 3.05) is 0 Å². The number of carbonyl (C=O) groups is 1. The van der Waals surface area contributed by atoms with Gasteiger partial charge in [0.2, 0.25) is 0 Å². The zero-order valence-electron chi connectivity index (χ0n) is 6.69. The zero-order chi connectivity index (χ0) is 8.39. The molecular weight excluding hydrogens is 152 g/mol. The van der Waals surface area contributed by atoms with Crippen LogP contribution in [0.25, 0.3) is 0 Å². The molecule has 2 nitrogen and oxygen atoms in total. The molecule has 0 bridgehead atoms. The minimum absolute atomic E-state index is 0.451. The van der Waals surface area contributed by atoms with E-state index in [0.29, 0.717) is 12.2 Å². The molecule has 1 aliphatic rings. The number of rotatable bonds is 3. The van der Waals surface area contributed by atoms with Crippen molar-refractivity contribution in [2.45, 2.75) is 18.8 Å². The summed E-state index contributed by atoms with van der Waals surface area (Å²) in [7, 11) is 0. The number of hydrogen-bond acceptors (Lipinski definition) is 2. The molecule has 0 aliphatic heterocycles. The third-order valence-corrected chi connectivity index (χ3v) is 2.11. The van der Waals surface area contributed by atoms with E-state index >= 15 is 0 Å². The Balaban J connectivity index is 2.12. The van der Waals surface area contributed by atoms with Crippen LogP contribution in [0.1, 0.15) is 24.3 Å². The maximum atomic E-state index is 9.98. The zero-order valence-corrected chi connectivity index (χ0v) is 6.69. The molecule has 1 saturated carbocycles. The molecule has 1 aliphatic carbocycles. The predicted octanol–water partition coefficient (Wildman–Crippen LogP) is 2.10. The lowest BCUT2D eigenvalue weighted by Crippen LogP contribution is -1.88. The first-order valence-electron chi connectivity index (χ1n) is 4.10. The van der Waals surface area contributed by atoms with Crippen LogP contribution >= 0.6 is 0 Å². The van der Waals surface area contributed by atoms with Crippen molar-refractivity contribution in [3.05, 3.63) is 29.8 Å². The van der Waals surface area contributed by atoms with Gasteiger partial charge in [-0.25, -0.2) is 0 Å². The van der Waals surface area contributed by atoms with Crippen LogP contribution in [0.2, 0.25) is 0 Å². The van der Waals surface area contributed by atoms with Crippen molar-refractivity contribution in [1.82, 2.24) is 0 Å². The molecule has 0 heterocycles. The number of carbonyl (C=O) groups excluding carboxylic acids is 1. The van der Waals surface area contributed by atoms with Gasteiger partial charge < -0.3 is 4.74 Å². The fourth-order valence-electron chi connectivity index (χ4n) is 1.29. The lowest BCUT2D eigenvalue weighted by atomic mass is 10.1. The van der Waals surface area contributed by atoms with Gasteiger partial charge in [0, 0.05) is 0 Å². The van der Waals surface area contributed by atoms with Crippen LogP contribution < -0.4 is 4.74 Å². The van der Waals surface area contributed by atoms with Gasteiger partial charge >= 0.3 is 0 Å². The Morgan fingerprint density at radius 2 is 1.92 bits per heavy atom. The largest absolute Gasteiger partial charge is 0.429 e. The molecule has 62 valence electrons. The first-order valence-corrected chi connectivity index (χ1v) is 4.10. The Bertz CT molecular complexity index is 272. The van der Waals surface area contributed by atoms with Crippen LogP contribution in [-0.2, 0) is 4.79 Å². The third kappa shape index (κ3) is 1.47. The maximum absolute atomic E-state index is 9.98. The van der Waals surface area contributed by atoms with E-state index in [9.17, 15) is 4.79 Å². The molecule has 0 radical (unpaired) electrons. The van der Waals surface area contributed by atoms with E-state index < -0.39 is 0 Å². The van der Waals surface area contributed by atoms with Crippen molar-refractivity contribution in [1.29, 1.82) is 0 Å². The molecule has 0 amide bonds. The van der Waals surface area contributed by atoms with Crippen molar-refractivity contribution in [3.63, 3.8) is 0 Å². The van der Waals surface area contributed by atoms with E-state index in [1.54, 1.807) is 0 Å². The quantitative estimate of drug-likeness (QED) is 0.636. The van der Waals surface area contributed by atoms with E-state index in [4.69, 9.17) is 0 Å². The summed E-state index contributed by atoms with van der Waals surface area (Å²) in [5.41, 5.74) is 1.35. The van der Waals surface area contributed by atoms with Crippen LogP contribution in [0.15, 0.2) is 24.3 Å². The summed E-state index contributed by atoms with van der Waals surface area (Å²) in [5, 5.41) is 0. The molecule has 0 unspecified atom stereocenters. The highest BCUT2D eigenvalue weighted by Gasteiger charge is 2.22. The second kappa shape index (κ2) is 2.97. The first kappa shape index (κ1) is 7.35. The summed E-state index contributed by atoms with van der Waals surface area (Å²) in [6, 6.07) is 7.72. The summed E-state index contributed by atoms with van der Waals surface area (Å²) in [5.74, 6) is 1.38. The smallest absolute Gasteiger partial charge is 0.298 e. The maximum Gasteiger partial charge on any atom is 0.298 e. The van der Waals surface area contributed by atoms with Gasteiger partial charge in [-0.15, -0.1) is 0 Å². The van der Waals surface area contributed by atoms with Gasteiger partial charge in [0.1, 0.15) is 5.75 Å². The Morgan fingerprint density at radius 3 is 2.42 bits per heavy atom. The summed E-state index contributed by atoms with van der Waals surface area (Å²) < 4.78 is 4.68. The highest BCUT2D eigenvalue weighted by atomic mass is 16.5. The second-order valence-corrected chi connectivity index (χ2v) is 3.06. The van der Waals surface area contributed by atoms with E-state index in [0.717, 1.165) is 5.92 Å². The van der Waals surface area contributed by atoms with E-state index in [1.165, 1.54) is 18.4 Å². The highest BCUT2D eigenvalue weighted by molar-refractivity contribution is 5.45. The number of ether oxygens (including phenoxy) is 1. The molecule has 0 aromatic heterocycles. The van der Waals surface area contributed by atoms with E-state index in [-0.39, 0.29) is 0 Å². The molecule has 0 spiro atoms. The van der Waals surface area contributed by atoms with E-state index in [2.05, 4.69) is 4.74 Å². The van der Waals surface area contributed by atoms with Crippen LogP contribution in [-0.4, -0.2) is 6.47 Å². The highest BCUT2D eigenvalue weighted by Crippen LogP contribution is 2.40. The van der Waals surface area contributed by atoms with E-state index in [1.807, 2.05) is 24.3 Å². The van der Waals surface area contributed by atoms with Gasteiger partial charge in [-0.2, -0.15) is 0 Å². The SMILES string of the molecule is O=COc1ccc(C2CC2)cc1. The van der Waals surface area contributed by atoms with Gasteiger partial charge in [0.05, 0.1) is 0 Å². The fourth-order valence-corrected chi connectivity index (χ4v) is 1.29. The van der Waals surface area contributed by atoms with Crippen LogP contribution in [0.4, 0.5) is 0 Å². The van der Waals surface area contributed by atoms with Crippen LogP contribution in [0, 0.1) is 0 Å². The Labute approximate surface area is 71.2 Å². The molecule has 0 saturated heterocycles. The van der Waals surface area contributed by atoms with Gasteiger partial charge in [-0.3, -0.25) is 4.79 Å². The monoisotopic (exact) mass is 162 g/mol. The molecule has 1 aromatic carbocycles. The average Bonchev–Trinajstić information content (AvgIpc) is 2.89. The van der Waals surface area contributed by atoms with Gasteiger partial charge in [-0.1, -0.05) is 12.1 Å². The average molecular weight is 162 g/mol. The topological polar surface area (TPSA) is 26.3 Å². The summed E-state index contributed by atoms with van der Waals surface area (Å²) in [6.45, 7) is 0.451. The summed E-state index contributed by atoms with van der Waals surface area (Å²) >= 11 is 0. The standard InChI is InChI=1S/C10H10O2/c11-7-12-10-5-3-9(4-6-10)8-1-2-8/h3-8H,1-2H2. The van der Waals surface area contributed by atoms with Crippen molar-refractivity contribution in [2.24, 2.45) is 0 Å². The molecule has 0 atom stereocenters. The number of benzene rings is 1. The Kier molecular flexibility index (Phi) is 1.82. The number of hydrogen-bond donors (Lipinski definition) is 0. The van der Waals surface area contributed by atoms with Crippen molar-refractivity contribution >= 4 is 6.47 Å². The molecule has 0 N–H and O–H groups in total. The normalized spacial score (nSPS) is 15.7.